The zero-order valence-electron chi connectivity index (χ0n) is 13.5. The Balaban J connectivity index is 1.78. The molecule has 3 aliphatic rings. The molecule has 0 aliphatic heterocycles. The molecule has 0 spiro atoms. The summed E-state index contributed by atoms with van der Waals surface area (Å²) in [5.74, 6) is 4.05. The first-order valence-corrected chi connectivity index (χ1v) is 8.98. The quantitative estimate of drug-likeness (QED) is 0.560. The highest BCUT2D eigenvalue weighted by atomic mass is 14.5. The van der Waals surface area contributed by atoms with Crippen LogP contribution in [0.1, 0.15) is 61.6 Å². The minimum Gasteiger partial charge on any atom is -0.0625 e. The van der Waals surface area contributed by atoms with Crippen LogP contribution in [0.15, 0.2) is 42.5 Å². The fraction of sp³-hybridized carbons (Fsp3) is 0.455. The van der Waals surface area contributed by atoms with Crippen LogP contribution in [0, 0.1) is 17.8 Å². The van der Waals surface area contributed by atoms with Crippen molar-refractivity contribution >= 4 is 0 Å². The Hall–Kier alpha value is -1.56. The third-order valence-corrected chi connectivity index (χ3v) is 6.82. The molecular weight excluding hydrogens is 264 g/mol. The molecule has 22 heavy (non-hydrogen) atoms. The zero-order valence-corrected chi connectivity index (χ0v) is 13.5. The lowest BCUT2D eigenvalue weighted by Gasteiger charge is -2.47. The van der Waals surface area contributed by atoms with E-state index in [2.05, 4.69) is 56.3 Å². The average Bonchev–Trinajstić information content (AvgIpc) is 2.88. The highest BCUT2D eigenvalue weighted by Crippen LogP contribution is 2.61. The number of hydrogen-bond donors (Lipinski definition) is 0. The smallest absolute Gasteiger partial charge is 0.0136 e. The van der Waals surface area contributed by atoms with Gasteiger partial charge in [-0.05, 0) is 64.3 Å². The van der Waals surface area contributed by atoms with Gasteiger partial charge in [0.15, 0.2) is 0 Å². The van der Waals surface area contributed by atoms with Gasteiger partial charge >= 0.3 is 0 Å². The van der Waals surface area contributed by atoms with E-state index in [9.17, 15) is 0 Å². The molecule has 5 rings (SSSR count). The number of benzene rings is 2. The Morgan fingerprint density at radius 2 is 1.55 bits per heavy atom. The van der Waals surface area contributed by atoms with Crippen molar-refractivity contribution in [3.63, 3.8) is 0 Å². The normalized spacial score (nSPS) is 34.7. The van der Waals surface area contributed by atoms with Gasteiger partial charge < -0.3 is 0 Å². The summed E-state index contributed by atoms with van der Waals surface area (Å²) in [4.78, 5) is 0. The van der Waals surface area contributed by atoms with E-state index in [1.54, 1.807) is 16.7 Å². The van der Waals surface area contributed by atoms with E-state index in [0.717, 1.165) is 23.7 Å². The van der Waals surface area contributed by atoms with Gasteiger partial charge in [0.25, 0.3) is 0 Å². The second-order valence-electron chi connectivity index (χ2n) is 7.91. The number of rotatable bonds is 0. The van der Waals surface area contributed by atoms with Crippen molar-refractivity contribution in [2.45, 2.75) is 44.9 Å². The second-order valence-corrected chi connectivity index (χ2v) is 7.91. The molecule has 0 nitrogen and oxygen atoms in total. The first-order chi connectivity index (χ1) is 10.8. The Morgan fingerprint density at radius 1 is 0.773 bits per heavy atom. The molecule has 0 aromatic heterocycles. The second kappa shape index (κ2) is 4.47. The maximum atomic E-state index is 2.49. The number of hydrogen-bond acceptors (Lipinski definition) is 0. The minimum absolute atomic E-state index is 0.673. The summed E-state index contributed by atoms with van der Waals surface area (Å²) >= 11 is 0. The Kier molecular flexibility index (Phi) is 2.63. The Bertz CT molecular complexity index is 741. The maximum absolute atomic E-state index is 2.49. The molecule has 0 bridgehead atoms. The van der Waals surface area contributed by atoms with Crippen molar-refractivity contribution in [2.75, 3.05) is 0 Å². The standard InChI is InChI=1S/C22H24/c1-13-10-11-15-14(2)16-8-5-9-19-17-6-3-4-7-18(17)22(21(16)19)20(15)12-13/h3-9,13-15,20,22H,10-12H2,1-2H3/t13-,14?,15+,20?,22+/m1/s1. The van der Waals surface area contributed by atoms with Gasteiger partial charge in [0.2, 0.25) is 0 Å². The zero-order chi connectivity index (χ0) is 14.8. The van der Waals surface area contributed by atoms with Gasteiger partial charge in [0.05, 0.1) is 0 Å². The van der Waals surface area contributed by atoms with Crippen LogP contribution in [-0.2, 0) is 0 Å². The first kappa shape index (κ1) is 12.9. The van der Waals surface area contributed by atoms with Crippen molar-refractivity contribution in [1.82, 2.24) is 0 Å². The summed E-state index contributed by atoms with van der Waals surface area (Å²) in [5, 5.41) is 0. The molecule has 1 saturated carbocycles. The van der Waals surface area contributed by atoms with Crippen LogP contribution in [0.25, 0.3) is 11.1 Å². The molecule has 0 saturated heterocycles. The molecule has 2 unspecified atom stereocenters. The lowest BCUT2D eigenvalue weighted by molar-refractivity contribution is 0.138. The van der Waals surface area contributed by atoms with Gasteiger partial charge in [0, 0.05) is 5.92 Å². The monoisotopic (exact) mass is 288 g/mol. The lowest BCUT2D eigenvalue weighted by Crippen LogP contribution is -2.36. The fourth-order valence-corrected chi connectivity index (χ4v) is 5.86. The molecule has 2 aromatic carbocycles. The van der Waals surface area contributed by atoms with Gasteiger partial charge in [-0.2, -0.15) is 0 Å². The van der Waals surface area contributed by atoms with E-state index in [1.165, 1.54) is 30.4 Å². The topological polar surface area (TPSA) is 0 Å². The summed E-state index contributed by atoms with van der Waals surface area (Å²) in [7, 11) is 0. The largest absolute Gasteiger partial charge is 0.0625 e. The Morgan fingerprint density at radius 3 is 2.45 bits per heavy atom. The van der Waals surface area contributed by atoms with Gasteiger partial charge in [-0.25, -0.2) is 0 Å². The van der Waals surface area contributed by atoms with Gasteiger partial charge in [-0.1, -0.05) is 62.7 Å². The molecule has 0 heterocycles. The van der Waals surface area contributed by atoms with E-state index in [0.29, 0.717) is 5.92 Å². The van der Waals surface area contributed by atoms with E-state index < -0.39 is 0 Å². The van der Waals surface area contributed by atoms with Crippen molar-refractivity contribution in [1.29, 1.82) is 0 Å². The lowest BCUT2D eigenvalue weighted by atomic mass is 9.57. The van der Waals surface area contributed by atoms with E-state index in [4.69, 9.17) is 0 Å². The molecule has 0 amide bonds. The fourth-order valence-electron chi connectivity index (χ4n) is 5.86. The van der Waals surface area contributed by atoms with Crippen LogP contribution in [0.2, 0.25) is 0 Å². The minimum atomic E-state index is 0.673. The van der Waals surface area contributed by atoms with E-state index >= 15 is 0 Å². The van der Waals surface area contributed by atoms with Crippen molar-refractivity contribution < 1.29 is 0 Å². The SMILES string of the molecule is CC1c2cccc3c2[C@@H](c2ccccc2-3)C2C[C@H](C)CC[C@@H]12. The molecule has 2 aromatic rings. The van der Waals surface area contributed by atoms with Crippen LogP contribution in [0.4, 0.5) is 0 Å². The average molecular weight is 288 g/mol. The van der Waals surface area contributed by atoms with Crippen molar-refractivity contribution in [3.8, 4) is 11.1 Å². The molecule has 0 radical (unpaired) electrons. The Labute approximate surface area is 133 Å². The summed E-state index contributed by atoms with van der Waals surface area (Å²) < 4.78 is 0. The van der Waals surface area contributed by atoms with Crippen molar-refractivity contribution in [2.24, 2.45) is 17.8 Å². The summed E-state index contributed by atoms with van der Waals surface area (Å²) in [5.41, 5.74) is 7.99. The van der Waals surface area contributed by atoms with Crippen LogP contribution in [0.5, 0.6) is 0 Å². The first-order valence-electron chi connectivity index (χ1n) is 8.98. The van der Waals surface area contributed by atoms with Crippen LogP contribution < -0.4 is 0 Å². The third-order valence-electron chi connectivity index (χ3n) is 6.82. The summed E-state index contributed by atoms with van der Waals surface area (Å²) in [6.07, 6.45) is 4.27. The van der Waals surface area contributed by atoms with Crippen LogP contribution in [-0.4, -0.2) is 0 Å². The predicted octanol–water partition coefficient (Wildman–Crippen LogP) is 5.97. The molecule has 3 aliphatic carbocycles. The van der Waals surface area contributed by atoms with Crippen molar-refractivity contribution in [3.05, 3.63) is 59.2 Å². The predicted molar refractivity (Wildman–Crippen MR) is 92.1 cm³/mol. The highest BCUT2D eigenvalue weighted by molar-refractivity contribution is 5.81. The summed E-state index contributed by atoms with van der Waals surface area (Å²) in [6, 6.07) is 16.2. The van der Waals surface area contributed by atoms with Gasteiger partial charge in [-0.3, -0.25) is 0 Å². The van der Waals surface area contributed by atoms with Gasteiger partial charge in [-0.15, -0.1) is 0 Å². The van der Waals surface area contributed by atoms with E-state index in [1.807, 2.05) is 0 Å². The third kappa shape index (κ3) is 1.54. The molecule has 112 valence electrons. The highest BCUT2D eigenvalue weighted by Gasteiger charge is 2.47. The molecule has 5 atom stereocenters. The van der Waals surface area contributed by atoms with Crippen LogP contribution in [0.3, 0.4) is 0 Å². The molecule has 1 fully saturated rings. The number of fused-ring (bicyclic) bond motifs is 5. The molecule has 0 N–H and O–H groups in total. The van der Waals surface area contributed by atoms with E-state index in [-0.39, 0.29) is 0 Å². The van der Waals surface area contributed by atoms with Crippen LogP contribution >= 0.6 is 0 Å². The van der Waals surface area contributed by atoms with Gasteiger partial charge in [0.1, 0.15) is 0 Å². The molecular formula is C22H24. The summed E-state index contributed by atoms with van der Waals surface area (Å²) in [6.45, 7) is 4.95. The molecule has 0 heteroatoms. The maximum Gasteiger partial charge on any atom is 0.0136 e.